The number of piperazine rings is 1. The minimum Gasteiger partial charge on any atom is -0.378 e. The van der Waals surface area contributed by atoms with Gasteiger partial charge in [-0.3, -0.25) is 9.69 Å². The monoisotopic (exact) mass is 170 g/mol. The number of hydrogen-bond donors (Lipinski definition) is 1. The summed E-state index contributed by atoms with van der Waals surface area (Å²) in [6.45, 7) is 5.03. The Hall–Kier alpha value is -0.610. The SMILES string of the molecule is C[C@H]1CNC(=O)CN1C1COC1. The summed E-state index contributed by atoms with van der Waals surface area (Å²) >= 11 is 0. The molecule has 0 bridgehead atoms. The lowest BCUT2D eigenvalue weighted by Gasteiger charge is -2.42. The summed E-state index contributed by atoms with van der Waals surface area (Å²) in [5.41, 5.74) is 0. The Labute approximate surface area is 71.9 Å². The van der Waals surface area contributed by atoms with Crippen molar-refractivity contribution in [3.05, 3.63) is 0 Å². The van der Waals surface area contributed by atoms with E-state index < -0.39 is 0 Å². The summed E-state index contributed by atoms with van der Waals surface area (Å²) in [6, 6.07) is 0.933. The molecule has 2 aliphatic rings. The van der Waals surface area contributed by atoms with E-state index in [0.717, 1.165) is 19.8 Å². The van der Waals surface area contributed by atoms with Gasteiger partial charge in [-0.1, -0.05) is 0 Å². The second-order valence-corrected chi connectivity index (χ2v) is 3.52. The zero-order chi connectivity index (χ0) is 8.55. The molecule has 1 N–H and O–H groups in total. The van der Waals surface area contributed by atoms with Crippen LogP contribution >= 0.6 is 0 Å². The molecule has 0 unspecified atom stereocenters. The lowest BCUT2D eigenvalue weighted by molar-refractivity contribution is -0.133. The van der Waals surface area contributed by atoms with E-state index in [-0.39, 0.29) is 5.91 Å². The van der Waals surface area contributed by atoms with Crippen molar-refractivity contribution in [2.75, 3.05) is 26.3 Å². The van der Waals surface area contributed by atoms with Gasteiger partial charge in [0.05, 0.1) is 25.8 Å². The molecule has 0 aliphatic carbocycles. The Morgan fingerprint density at radius 3 is 2.92 bits per heavy atom. The van der Waals surface area contributed by atoms with Crippen LogP contribution in [-0.2, 0) is 9.53 Å². The summed E-state index contributed by atoms with van der Waals surface area (Å²) < 4.78 is 5.10. The van der Waals surface area contributed by atoms with Crippen molar-refractivity contribution in [1.29, 1.82) is 0 Å². The lowest BCUT2D eigenvalue weighted by atomic mass is 10.1. The maximum absolute atomic E-state index is 11.1. The van der Waals surface area contributed by atoms with E-state index in [1.807, 2.05) is 0 Å². The second-order valence-electron chi connectivity index (χ2n) is 3.52. The van der Waals surface area contributed by atoms with Gasteiger partial charge in [0.15, 0.2) is 0 Å². The first kappa shape index (κ1) is 8.01. The summed E-state index contributed by atoms with van der Waals surface area (Å²) in [7, 11) is 0. The summed E-state index contributed by atoms with van der Waals surface area (Å²) in [5, 5.41) is 2.84. The molecular weight excluding hydrogens is 156 g/mol. The average molecular weight is 170 g/mol. The quantitative estimate of drug-likeness (QED) is 0.560. The van der Waals surface area contributed by atoms with Crippen LogP contribution in [0.1, 0.15) is 6.92 Å². The van der Waals surface area contributed by atoms with Gasteiger partial charge in [0.2, 0.25) is 5.91 Å². The molecule has 0 radical (unpaired) electrons. The first-order valence-corrected chi connectivity index (χ1v) is 4.37. The first-order chi connectivity index (χ1) is 5.77. The van der Waals surface area contributed by atoms with Crippen molar-refractivity contribution < 1.29 is 9.53 Å². The van der Waals surface area contributed by atoms with E-state index in [2.05, 4.69) is 17.1 Å². The largest absolute Gasteiger partial charge is 0.378 e. The number of nitrogens with one attached hydrogen (secondary N) is 1. The van der Waals surface area contributed by atoms with Gasteiger partial charge in [-0.05, 0) is 6.92 Å². The average Bonchev–Trinajstić information content (AvgIpc) is 1.93. The van der Waals surface area contributed by atoms with Gasteiger partial charge in [0, 0.05) is 12.6 Å². The number of ether oxygens (including phenoxy) is 1. The third-order valence-corrected chi connectivity index (χ3v) is 2.58. The van der Waals surface area contributed by atoms with Crippen LogP contribution in [0.2, 0.25) is 0 Å². The fraction of sp³-hybridized carbons (Fsp3) is 0.875. The van der Waals surface area contributed by atoms with Gasteiger partial charge < -0.3 is 10.1 Å². The third kappa shape index (κ3) is 1.32. The topological polar surface area (TPSA) is 41.6 Å². The van der Waals surface area contributed by atoms with Crippen molar-refractivity contribution in [3.8, 4) is 0 Å². The second kappa shape index (κ2) is 3.03. The molecule has 12 heavy (non-hydrogen) atoms. The van der Waals surface area contributed by atoms with Crippen LogP contribution in [0.4, 0.5) is 0 Å². The number of carbonyl (C=O) groups is 1. The van der Waals surface area contributed by atoms with Crippen LogP contribution in [-0.4, -0.2) is 49.2 Å². The van der Waals surface area contributed by atoms with Crippen LogP contribution in [0.15, 0.2) is 0 Å². The lowest BCUT2D eigenvalue weighted by Crippen LogP contribution is -2.61. The van der Waals surface area contributed by atoms with E-state index in [0.29, 0.717) is 18.6 Å². The van der Waals surface area contributed by atoms with E-state index in [4.69, 9.17) is 4.74 Å². The predicted octanol–water partition coefficient (Wildman–Crippen LogP) is -0.794. The molecule has 68 valence electrons. The maximum Gasteiger partial charge on any atom is 0.234 e. The molecule has 2 heterocycles. The molecule has 0 aromatic rings. The first-order valence-electron chi connectivity index (χ1n) is 4.37. The summed E-state index contributed by atoms with van der Waals surface area (Å²) in [5.74, 6) is 0.139. The minimum atomic E-state index is 0.139. The van der Waals surface area contributed by atoms with Crippen LogP contribution in [0, 0.1) is 0 Å². The van der Waals surface area contributed by atoms with Crippen molar-refractivity contribution in [2.45, 2.75) is 19.0 Å². The van der Waals surface area contributed by atoms with Gasteiger partial charge in [-0.25, -0.2) is 0 Å². The number of amides is 1. The third-order valence-electron chi connectivity index (χ3n) is 2.58. The van der Waals surface area contributed by atoms with Gasteiger partial charge in [0.25, 0.3) is 0 Å². The highest BCUT2D eigenvalue weighted by molar-refractivity contribution is 5.78. The van der Waals surface area contributed by atoms with Crippen LogP contribution in [0.5, 0.6) is 0 Å². The van der Waals surface area contributed by atoms with Crippen molar-refractivity contribution in [2.24, 2.45) is 0 Å². The molecule has 2 fully saturated rings. The van der Waals surface area contributed by atoms with Crippen LogP contribution in [0.3, 0.4) is 0 Å². The highest BCUT2D eigenvalue weighted by Gasteiger charge is 2.33. The number of hydrogen-bond acceptors (Lipinski definition) is 3. The standard InChI is InChI=1S/C8H14N2O2/c1-6-2-9-8(11)3-10(6)7-4-12-5-7/h6-7H,2-5H2,1H3,(H,9,11)/t6-/m0/s1. The van der Waals surface area contributed by atoms with Gasteiger partial charge >= 0.3 is 0 Å². The molecule has 2 aliphatic heterocycles. The van der Waals surface area contributed by atoms with Crippen LogP contribution < -0.4 is 5.32 Å². The van der Waals surface area contributed by atoms with E-state index in [1.54, 1.807) is 0 Å². The number of carbonyl (C=O) groups excluding carboxylic acids is 1. The van der Waals surface area contributed by atoms with Crippen LogP contribution in [0.25, 0.3) is 0 Å². The molecule has 0 spiro atoms. The molecule has 4 heteroatoms. The zero-order valence-electron chi connectivity index (χ0n) is 7.25. The Morgan fingerprint density at radius 2 is 2.33 bits per heavy atom. The highest BCUT2D eigenvalue weighted by atomic mass is 16.5. The molecule has 2 saturated heterocycles. The number of rotatable bonds is 1. The van der Waals surface area contributed by atoms with Gasteiger partial charge in [-0.2, -0.15) is 0 Å². The number of nitrogens with zero attached hydrogens (tertiary/aromatic N) is 1. The van der Waals surface area contributed by atoms with Crippen molar-refractivity contribution in [1.82, 2.24) is 10.2 Å². The molecule has 0 aromatic carbocycles. The van der Waals surface area contributed by atoms with E-state index >= 15 is 0 Å². The molecule has 1 atom stereocenters. The summed E-state index contributed by atoms with van der Waals surface area (Å²) in [6.07, 6.45) is 0. The Kier molecular flexibility index (Phi) is 2.02. The summed E-state index contributed by atoms with van der Waals surface area (Å²) in [4.78, 5) is 13.3. The van der Waals surface area contributed by atoms with Gasteiger partial charge in [-0.15, -0.1) is 0 Å². The van der Waals surface area contributed by atoms with Crippen molar-refractivity contribution >= 4 is 5.91 Å². The Morgan fingerprint density at radius 1 is 1.58 bits per heavy atom. The highest BCUT2D eigenvalue weighted by Crippen LogP contribution is 2.15. The molecule has 2 rings (SSSR count). The smallest absolute Gasteiger partial charge is 0.234 e. The zero-order valence-corrected chi connectivity index (χ0v) is 7.25. The van der Waals surface area contributed by atoms with E-state index in [9.17, 15) is 4.79 Å². The molecule has 0 aromatic heterocycles. The van der Waals surface area contributed by atoms with E-state index in [1.165, 1.54) is 0 Å². The fourth-order valence-corrected chi connectivity index (χ4v) is 1.66. The molecule has 0 saturated carbocycles. The predicted molar refractivity (Wildman–Crippen MR) is 43.8 cm³/mol. The maximum atomic E-state index is 11.1. The normalized spacial score (nSPS) is 32.8. The molecule has 1 amide bonds. The van der Waals surface area contributed by atoms with Gasteiger partial charge in [0.1, 0.15) is 0 Å². The molecule has 4 nitrogen and oxygen atoms in total. The Balaban J connectivity index is 1.96. The minimum absolute atomic E-state index is 0.139. The molecular formula is C8H14N2O2. The van der Waals surface area contributed by atoms with Crippen molar-refractivity contribution in [3.63, 3.8) is 0 Å². The fourth-order valence-electron chi connectivity index (χ4n) is 1.66. The Bertz CT molecular complexity index is 189.